The number of imidazole rings is 1. The van der Waals surface area contributed by atoms with Gasteiger partial charge in [-0.25, -0.2) is 4.98 Å². The number of hydrogen-bond acceptors (Lipinski definition) is 2. The lowest BCUT2D eigenvalue weighted by Gasteiger charge is -2.13. The number of aromatic nitrogens is 2. The fourth-order valence-corrected chi connectivity index (χ4v) is 2.94. The summed E-state index contributed by atoms with van der Waals surface area (Å²) in [6.45, 7) is 0.544. The summed E-state index contributed by atoms with van der Waals surface area (Å²) in [7, 11) is 0. The standard InChI is InChI=1S/C17H12ClN3/c18-13-7-4-8-14-16(13)17(12-5-2-1-3-6-12)20-11-15-19-9-10-21(14)15/h1-10H,11H2. The van der Waals surface area contributed by atoms with Crippen LogP contribution >= 0.6 is 11.6 Å². The quantitative estimate of drug-likeness (QED) is 0.670. The molecule has 1 aromatic heterocycles. The summed E-state index contributed by atoms with van der Waals surface area (Å²) in [4.78, 5) is 9.14. The van der Waals surface area contributed by atoms with Crippen molar-refractivity contribution in [2.24, 2.45) is 4.99 Å². The molecule has 0 unspecified atom stereocenters. The molecule has 0 amide bonds. The highest BCUT2D eigenvalue weighted by atomic mass is 35.5. The summed E-state index contributed by atoms with van der Waals surface area (Å²) in [5.41, 5.74) is 3.97. The van der Waals surface area contributed by atoms with Gasteiger partial charge in [-0.15, -0.1) is 0 Å². The highest BCUT2D eigenvalue weighted by Crippen LogP contribution is 2.29. The molecule has 0 aliphatic carbocycles. The highest BCUT2D eigenvalue weighted by Gasteiger charge is 2.21. The van der Waals surface area contributed by atoms with Gasteiger partial charge in [0.05, 0.1) is 23.0 Å². The van der Waals surface area contributed by atoms with Crippen molar-refractivity contribution in [3.05, 3.63) is 82.9 Å². The van der Waals surface area contributed by atoms with Gasteiger partial charge in [-0.1, -0.05) is 48.0 Å². The molecule has 0 radical (unpaired) electrons. The molecule has 2 heterocycles. The zero-order valence-corrected chi connectivity index (χ0v) is 12.0. The van der Waals surface area contributed by atoms with Crippen LogP contribution in [0.2, 0.25) is 5.02 Å². The first-order valence-corrected chi connectivity index (χ1v) is 7.14. The van der Waals surface area contributed by atoms with Gasteiger partial charge in [0.2, 0.25) is 0 Å². The predicted molar refractivity (Wildman–Crippen MR) is 84.4 cm³/mol. The number of aliphatic imine (C=N–C) groups is 1. The highest BCUT2D eigenvalue weighted by molar-refractivity contribution is 6.36. The number of nitrogens with zero attached hydrogens (tertiary/aromatic N) is 3. The van der Waals surface area contributed by atoms with Crippen molar-refractivity contribution < 1.29 is 0 Å². The van der Waals surface area contributed by atoms with Gasteiger partial charge in [-0.05, 0) is 12.1 Å². The molecule has 0 bridgehead atoms. The van der Waals surface area contributed by atoms with Crippen LogP contribution in [0.3, 0.4) is 0 Å². The topological polar surface area (TPSA) is 30.2 Å². The third-order valence-corrected chi connectivity index (χ3v) is 3.95. The molecule has 3 aromatic rings. The molecule has 0 N–H and O–H groups in total. The zero-order valence-electron chi connectivity index (χ0n) is 11.2. The van der Waals surface area contributed by atoms with E-state index in [1.54, 1.807) is 6.20 Å². The Hall–Kier alpha value is -2.39. The molecule has 0 atom stereocenters. The first kappa shape index (κ1) is 12.4. The van der Waals surface area contributed by atoms with Crippen LogP contribution in [0.25, 0.3) is 5.69 Å². The van der Waals surface area contributed by atoms with Crippen LogP contribution in [0, 0.1) is 0 Å². The van der Waals surface area contributed by atoms with E-state index in [2.05, 4.69) is 27.8 Å². The van der Waals surface area contributed by atoms with Crippen LogP contribution in [0.4, 0.5) is 0 Å². The summed E-state index contributed by atoms with van der Waals surface area (Å²) in [6, 6.07) is 16.0. The molecule has 0 fully saturated rings. The Bertz CT molecular complexity index is 834. The van der Waals surface area contributed by atoms with Gasteiger partial charge < -0.3 is 4.57 Å². The van der Waals surface area contributed by atoms with Gasteiger partial charge in [0.15, 0.2) is 0 Å². The molecule has 4 heteroatoms. The van der Waals surface area contributed by atoms with Crippen LogP contribution < -0.4 is 0 Å². The van der Waals surface area contributed by atoms with E-state index in [4.69, 9.17) is 16.6 Å². The molecule has 2 aromatic carbocycles. The largest absolute Gasteiger partial charge is 0.301 e. The Kier molecular flexibility index (Phi) is 2.86. The van der Waals surface area contributed by atoms with E-state index in [9.17, 15) is 0 Å². The average molecular weight is 294 g/mol. The summed E-state index contributed by atoms with van der Waals surface area (Å²) in [5.74, 6) is 0.921. The number of benzene rings is 2. The number of halogens is 1. The molecule has 21 heavy (non-hydrogen) atoms. The van der Waals surface area contributed by atoms with E-state index < -0.39 is 0 Å². The minimum Gasteiger partial charge on any atom is -0.301 e. The molecular weight excluding hydrogens is 282 g/mol. The summed E-state index contributed by atoms with van der Waals surface area (Å²) < 4.78 is 2.06. The number of rotatable bonds is 1. The normalized spacial score (nSPS) is 13.1. The first-order valence-electron chi connectivity index (χ1n) is 6.76. The minimum absolute atomic E-state index is 0.544. The second kappa shape index (κ2) is 4.86. The van der Waals surface area contributed by atoms with Crippen molar-refractivity contribution in [3.63, 3.8) is 0 Å². The molecular formula is C17H12ClN3. The third kappa shape index (κ3) is 1.98. The van der Waals surface area contributed by atoms with Crippen LogP contribution in [-0.4, -0.2) is 15.3 Å². The lowest BCUT2D eigenvalue weighted by atomic mass is 10.0. The summed E-state index contributed by atoms with van der Waals surface area (Å²) in [6.07, 6.45) is 3.75. The van der Waals surface area contributed by atoms with E-state index in [0.29, 0.717) is 11.6 Å². The molecule has 0 saturated carbocycles. The smallest absolute Gasteiger partial charge is 0.134 e. The van der Waals surface area contributed by atoms with Crippen molar-refractivity contribution in [3.8, 4) is 5.69 Å². The molecule has 3 nitrogen and oxygen atoms in total. The maximum atomic E-state index is 6.48. The zero-order chi connectivity index (χ0) is 14.2. The van der Waals surface area contributed by atoms with Crippen molar-refractivity contribution in [2.75, 3.05) is 0 Å². The number of hydrogen-bond donors (Lipinski definition) is 0. The van der Waals surface area contributed by atoms with E-state index in [1.807, 2.05) is 36.5 Å². The first-order chi connectivity index (χ1) is 10.3. The van der Waals surface area contributed by atoms with Crippen molar-refractivity contribution >= 4 is 17.3 Å². The van der Waals surface area contributed by atoms with Gasteiger partial charge >= 0.3 is 0 Å². The maximum Gasteiger partial charge on any atom is 0.134 e. The van der Waals surface area contributed by atoms with Crippen LogP contribution in [0.1, 0.15) is 17.0 Å². The Morgan fingerprint density at radius 1 is 1.00 bits per heavy atom. The van der Waals surface area contributed by atoms with Gasteiger partial charge in [-0.2, -0.15) is 0 Å². The fraction of sp³-hybridized carbons (Fsp3) is 0.0588. The minimum atomic E-state index is 0.544. The SMILES string of the molecule is Clc1cccc2c1C(c1ccccc1)=NCc1nccn1-2. The molecule has 4 rings (SSSR count). The van der Waals surface area contributed by atoms with Gasteiger partial charge in [0, 0.05) is 23.5 Å². The maximum absolute atomic E-state index is 6.48. The van der Waals surface area contributed by atoms with Crippen LogP contribution in [-0.2, 0) is 6.54 Å². The van der Waals surface area contributed by atoms with Crippen molar-refractivity contribution in [2.45, 2.75) is 6.54 Å². The number of fused-ring (bicyclic) bond motifs is 3. The Balaban J connectivity index is 2.02. The molecule has 0 spiro atoms. The predicted octanol–water partition coefficient (Wildman–Crippen LogP) is 3.88. The Labute approximate surface area is 127 Å². The molecule has 1 aliphatic heterocycles. The summed E-state index contributed by atoms with van der Waals surface area (Å²) >= 11 is 6.48. The van der Waals surface area contributed by atoms with Gasteiger partial charge in [-0.3, -0.25) is 4.99 Å². The van der Waals surface area contributed by atoms with Crippen LogP contribution in [0.15, 0.2) is 65.9 Å². The van der Waals surface area contributed by atoms with E-state index in [0.717, 1.165) is 28.4 Å². The van der Waals surface area contributed by atoms with Crippen molar-refractivity contribution in [1.29, 1.82) is 0 Å². The molecule has 0 saturated heterocycles. The monoisotopic (exact) mass is 293 g/mol. The van der Waals surface area contributed by atoms with E-state index >= 15 is 0 Å². The lowest BCUT2D eigenvalue weighted by molar-refractivity contribution is 0.880. The second-order valence-electron chi connectivity index (χ2n) is 4.88. The second-order valence-corrected chi connectivity index (χ2v) is 5.29. The molecule has 102 valence electrons. The Morgan fingerprint density at radius 2 is 1.86 bits per heavy atom. The van der Waals surface area contributed by atoms with Crippen LogP contribution in [0.5, 0.6) is 0 Å². The third-order valence-electron chi connectivity index (χ3n) is 3.63. The average Bonchev–Trinajstić information content (AvgIpc) is 2.92. The lowest BCUT2D eigenvalue weighted by Crippen LogP contribution is -2.07. The van der Waals surface area contributed by atoms with E-state index in [-0.39, 0.29) is 0 Å². The van der Waals surface area contributed by atoms with Gasteiger partial charge in [0.1, 0.15) is 5.82 Å². The Morgan fingerprint density at radius 3 is 2.71 bits per heavy atom. The van der Waals surface area contributed by atoms with Crippen molar-refractivity contribution in [1.82, 2.24) is 9.55 Å². The van der Waals surface area contributed by atoms with Gasteiger partial charge in [0.25, 0.3) is 0 Å². The van der Waals surface area contributed by atoms with E-state index in [1.165, 1.54) is 0 Å². The molecule has 1 aliphatic rings. The fourth-order valence-electron chi connectivity index (χ4n) is 2.68. The summed E-state index contributed by atoms with van der Waals surface area (Å²) in [5, 5.41) is 0.705.